The van der Waals surface area contributed by atoms with Crippen molar-refractivity contribution in [3.8, 4) is 11.5 Å². The lowest BCUT2D eigenvalue weighted by Crippen LogP contribution is -2.08. The highest BCUT2D eigenvalue weighted by atomic mass is 16.5. The van der Waals surface area contributed by atoms with E-state index >= 15 is 0 Å². The van der Waals surface area contributed by atoms with Gasteiger partial charge in [0.1, 0.15) is 12.2 Å². The molecule has 0 fully saturated rings. The Bertz CT molecular complexity index is 573. The second-order valence-corrected chi connectivity index (χ2v) is 4.83. The molecule has 0 spiro atoms. The van der Waals surface area contributed by atoms with Crippen LogP contribution in [0.1, 0.15) is 38.1 Å². The third-order valence-electron chi connectivity index (χ3n) is 2.91. The molecule has 0 unspecified atom stereocenters. The lowest BCUT2D eigenvalue weighted by atomic mass is 10.1. The summed E-state index contributed by atoms with van der Waals surface area (Å²) >= 11 is 0. The largest absolute Gasteiger partial charge is 0.466 e. The van der Waals surface area contributed by atoms with Crippen LogP contribution in [0, 0.1) is 0 Å². The summed E-state index contributed by atoms with van der Waals surface area (Å²) in [6, 6.07) is 9.67. The van der Waals surface area contributed by atoms with E-state index in [-0.39, 0.29) is 18.3 Å². The van der Waals surface area contributed by atoms with E-state index in [1.807, 2.05) is 44.2 Å². The van der Waals surface area contributed by atoms with Crippen molar-refractivity contribution in [1.82, 2.24) is 4.98 Å². The predicted molar refractivity (Wildman–Crippen MR) is 76.4 cm³/mol. The van der Waals surface area contributed by atoms with Gasteiger partial charge in [-0.25, -0.2) is 4.98 Å². The number of aromatic nitrogens is 1. The fourth-order valence-corrected chi connectivity index (χ4v) is 1.99. The smallest absolute Gasteiger partial charge is 0.313 e. The molecule has 0 aliphatic carbocycles. The summed E-state index contributed by atoms with van der Waals surface area (Å²) in [6.07, 6.45) is 0.126. The van der Waals surface area contributed by atoms with Crippen molar-refractivity contribution >= 4 is 5.97 Å². The summed E-state index contributed by atoms with van der Waals surface area (Å²) in [6.45, 7) is 6.22. The fourth-order valence-electron chi connectivity index (χ4n) is 1.99. The number of carbonyl (C=O) groups excluding carboxylic acids is 1. The van der Waals surface area contributed by atoms with Crippen molar-refractivity contribution in [1.29, 1.82) is 0 Å². The number of hydrogen-bond acceptors (Lipinski definition) is 4. The molecule has 0 radical (unpaired) electrons. The van der Waals surface area contributed by atoms with Crippen LogP contribution in [0.5, 0.6) is 0 Å². The van der Waals surface area contributed by atoms with Crippen LogP contribution in [0.2, 0.25) is 0 Å². The molecule has 0 saturated heterocycles. The highest BCUT2D eigenvalue weighted by Crippen LogP contribution is 2.26. The van der Waals surface area contributed by atoms with Gasteiger partial charge in [-0.3, -0.25) is 4.79 Å². The number of oxazole rings is 1. The zero-order valence-electron chi connectivity index (χ0n) is 12.1. The first kappa shape index (κ1) is 14.3. The lowest BCUT2D eigenvalue weighted by molar-refractivity contribution is -0.142. The van der Waals surface area contributed by atoms with E-state index in [9.17, 15) is 4.79 Å². The van der Waals surface area contributed by atoms with Gasteiger partial charge < -0.3 is 9.15 Å². The Morgan fingerprint density at radius 3 is 2.60 bits per heavy atom. The minimum absolute atomic E-state index is 0.126. The first-order valence-corrected chi connectivity index (χ1v) is 6.82. The molecule has 0 aliphatic heterocycles. The Morgan fingerprint density at radius 2 is 2.00 bits per heavy atom. The van der Waals surface area contributed by atoms with E-state index in [2.05, 4.69) is 4.98 Å². The maximum atomic E-state index is 11.6. The van der Waals surface area contributed by atoms with Gasteiger partial charge >= 0.3 is 5.97 Å². The lowest BCUT2D eigenvalue weighted by Gasteiger charge is -2.03. The summed E-state index contributed by atoms with van der Waals surface area (Å²) in [7, 11) is 0. The van der Waals surface area contributed by atoms with Gasteiger partial charge in [0.05, 0.1) is 12.3 Å². The van der Waals surface area contributed by atoms with E-state index < -0.39 is 0 Å². The van der Waals surface area contributed by atoms with Gasteiger partial charge in [0, 0.05) is 5.56 Å². The van der Waals surface area contributed by atoms with Crippen LogP contribution in [0.3, 0.4) is 0 Å². The zero-order valence-corrected chi connectivity index (χ0v) is 12.1. The molecule has 20 heavy (non-hydrogen) atoms. The van der Waals surface area contributed by atoms with Crippen molar-refractivity contribution in [3.63, 3.8) is 0 Å². The minimum Gasteiger partial charge on any atom is -0.466 e. The second kappa shape index (κ2) is 6.37. The standard InChI is InChI=1S/C16H19NO3/c1-4-19-14(18)10-13-15(11(2)3)17-16(20-13)12-8-6-5-7-9-12/h5-9,11H,4,10H2,1-3H3. The van der Waals surface area contributed by atoms with Crippen molar-refractivity contribution in [2.45, 2.75) is 33.1 Å². The quantitative estimate of drug-likeness (QED) is 0.781. The summed E-state index contributed by atoms with van der Waals surface area (Å²) in [5, 5.41) is 0. The van der Waals surface area contributed by atoms with Gasteiger partial charge in [-0.15, -0.1) is 0 Å². The fraction of sp³-hybridized carbons (Fsp3) is 0.375. The van der Waals surface area contributed by atoms with Crippen LogP contribution >= 0.6 is 0 Å². The summed E-state index contributed by atoms with van der Waals surface area (Å²) in [5.74, 6) is 1.05. The van der Waals surface area contributed by atoms with Crippen LogP contribution < -0.4 is 0 Å². The zero-order chi connectivity index (χ0) is 14.5. The molecule has 0 N–H and O–H groups in total. The first-order valence-electron chi connectivity index (χ1n) is 6.82. The highest BCUT2D eigenvalue weighted by molar-refractivity contribution is 5.72. The van der Waals surface area contributed by atoms with Crippen LogP contribution in [0.25, 0.3) is 11.5 Å². The van der Waals surface area contributed by atoms with Crippen LogP contribution in [0.15, 0.2) is 34.7 Å². The van der Waals surface area contributed by atoms with Crippen molar-refractivity contribution in [2.75, 3.05) is 6.61 Å². The Hall–Kier alpha value is -2.10. The summed E-state index contributed by atoms with van der Waals surface area (Å²) < 4.78 is 10.7. The molecule has 1 heterocycles. The molecule has 1 aromatic carbocycles. The Labute approximate surface area is 118 Å². The van der Waals surface area contributed by atoms with E-state index in [0.29, 0.717) is 18.3 Å². The third kappa shape index (κ3) is 3.26. The highest BCUT2D eigenvalue weighted by Gasteiger charge is 2.20. The van der Waals surface area contributed by atoms with Crippen molar-refractivity contribution in [3.05, 3.63) is 41.8 Å². The average Bonchev–Trinajstić information content (AvgIpc) is 2.84. The number of rotatable bonds is 5. The Balaban J connectivity index is 2.31. The molecule has 0 amide bonds. The number of carbonyl (C=O) groups is 1. The number of benzene rings is 1. The van der Waals surface area contributed by atoms with Gasteiger partial charge in [0.15, 0.2) is 0 Å². The molecule has 2 rings (SSSR count). The average molecular weight is 273 g/mol. The molecule has 4 nitrogen and oxygen atoms in total. The minimum atomic E-state index is -0.287. The van der Waals surface area contributed by atoms with Crippen LogP contribution in [-0.4, -0.2) is 17.6 Å². The Kier molecular flexibility index (Phi) is 4.56. The monoisotopic (exact) mass is 273 g/mol. The normalized spacial score (nSPS) is 10.8. The van der Waals surface area contributed by atoms with E-state index in [0.717, 1.165) is 11.3 Å². The topological polar surface area (TPSA) is 52.3 Å². The van der Waals surface area contributed by atoms with Gasteiger partial charge in [0.2, 0.25) is 5.89 Å². The van der Waals surface area contributed by atoms with Crippen LogP contribution in [-0.2, 0) is 16.0 Å². The maximum Gasteiger partial charge on any atom is 0.313 e. The molecule has 106 valence electrons. The number of nitrogens with zero attached hydrogens (tertiary/aromatic N) is 1. The van der Waals surface area contributed by atoms with Crippen LogP contribution in [0.4, 0.5) is 0 Å². The van der Waals surface area contributed by atoms with E-state index in [1.165, 1.54) is 0 Å². The number of ether oxygens (including phenoxy) is 1. The number of esters is 1. The van der Waals surface area contributed by atoms with E-state index in [1.54, 1.807) is 6.92 Å². The molecule has 0 atom stereocenters. The third-order valence-corrected chi connectivity index (χ3v) is 2.91. The molecule has 2 aromatic rings. The molecular weight excluding hydrogens is 254 g/mol. The predicted octanol–water partition coefficient (Wildman–Crippen LogP) is 3.57. The summed E-state index contributed by atoms with van der Waals surface area (Å²) in [4.78, 5) is 16.1. The maximum absolute atomic E-state index is 11.6. The van der Waals surface area contributed by atoms with Gasteiger partial charge in [-0.2, -0.15) is 0 Å². The SMILES string of the molecule is CCOC(=O)Cc1oc(-c2ccccc2)nc1C(C)C. The van der Waals surface area contributed by atoms with Gasteiger partial charge in [0.25, 0.3) is 0 Å². The molecule has 0 aliphatic rings. The van der Waals surface area contributed by atoms with E-state index in [4.69, 9.17) is 9.15 Å². The number of hydrogen-bond donors (Lipinski definition) is 0. The first-order chi connectivity index (χ1) is 9.61. The molecule has 4 heteroatoms. The Morgan fingerprint density at radius 1 is 1.30 bits per heavy atom. The summed E-state index contributed by atoms with van der Waals surface area (Å²) in [5.41, 5.74) is 1.72. The molecular formula is C16H19NO3. The molecule has 0 bridgehead atoms. The van der Waals surface area contributed by atoms with Gasteiger partial charge in [-0.1, -0.05) is 32.0 Å². The van der Waals surface area contributed by atoms with Crippen molar-refractivity contribution in [2.24, 2.45) is 0 Å². The second-order valence-electron chi connectivity index (χ2n) is 4.83. The molecule has 0 saturated carbocycles. The van der Waals surface area contributed by atoms with Crippen molar-refractivity contribution < 1.29 is 13.9 Å². The molecule has 1 aromatic heterocycles. The van der Waals surface area contributed by atoms with Gasteiger partial charge in [-0.05, 0) is 25.0 Å².